The number of hydrogen-bond donors (Lipinski definition) is 1. The van der Waals surface area contributed by atoms with E-state index in [4.69, 9.17) is 19.9 Å². The molecule has 0 amide bonds. The third-order valence-corrected chi connectivity index (χ3v) is 2.44. The van der Waals surface area contributed by atoms with Gasteiger partial charge in [-0.25, -0.2) is 0 Å². The summed E-state index contributed by atoms with van der Waals surface area (Å²) < 4.78 is 16.3. The van der Waals surface area contributed by atoms with Crippen LogP contribution in [0, 0.1) is 0 Å². The Kier molecular flexibility index (Phi) is 8.84. The van der Waals surface area contributed by atoms with Gasteiger partial charge in [-0.2, -0.15) is 0 Å². The van der Waals surface area contributed by atoms with Crippen molar-refractivity contribution >= 4 is 0 Å². The van der Waals surface area contributed by atoms with Crippen LogP contribution in [-0.2, 0) is 14.2 Å². The zero-order valence-electron chi connectivity index (χ0n) is 11.1. The summed E-state index contributed by atoms with van der Waals surface area (Å²) in [7, 11) is 0. The van der Waals surface area contributed by atoms with Gasteiger partial charge in [0.15, 0.2) is 6.29 Å². The fourth-order valence-electron chi connectivity index (χ4n) is 1.17. The first-order valence-electron chi connectivity index (χ1n) is 6.15. The van der Waals surface area contributed by atoms with E-state index in [0.717, 1.165) is 12.8 Å². The first-order valence-corrected chi connectivity index (χ1v) is 6.15. The van der Waals surface area contributed by atoms with Crippen molar-refractivity contribution in [2.75, 3.05) is 26.4 Å². The maximum absolute atomic E-state index is 5.96. The van der Waals surface area contributed by atoms with E-state index in [1.165, 1.54) is 0 Å². The molecule has 0 aliphatic heterocycles. The topological polar surface area (TPSA) is 53.7 Å². The number of rotatable bonds is 10. The molecule has 1 atom stereocenters. The Bertz CT molecular complexity index is 156. The summed E-state index contributed by atoms with van der Waals surface area (Å²) in [6, 6.07) is 0. The Hall–Kier alpha value is -0.160. The smallest absolute Gasteiger partial charge is 0.159 e. The molecule has 4 heteroatoms. The van der Waals surface area contributed by atoms with Gasteiger partial charge in [0.1, 0.15) is 0 Å². The van der Waals surface area contributed by atoms with Crippen molar-refractivity contribution in [3.8, 4) is 0 Å². The first kappa shape index (κ1) is 15.8. The summed E-state index contributed by atoms with van der Waals surface area (Å²) in [5.74, 6) is 0. The van der Waals surface area contributed by atoms with E-state index in [0.29, 0.717) is 26.4 Å². The minimum atomic E-state index is -0.229. The van der Waals surface area contributed by atoms with Gasteiger partial charge in [0.05, 0.1) is 13.2 Å². The number of nitrogens with two attached hydrogens (primary N) is 1. The molecule has 16 heavy (non-hydrogen) atoms. The Balaban J connectivity index is 3.61. The Labute approximate surface area is 99.4 Å². The molecular formula is C12H27NO3. The van der Waals surface area contributed by atoms with Crippen molar-refractivity contribution in [3.63, 3.8) is 0 Å². The molecule has 0 aliphatic rings. The molecule has 1 unspecified atom stereocenters. The third kappa shape index (κ3) is 8.05. The van der Waals surface area contributed by atoms with E-state index in [2.05, 4.69) is 6.92 Å². The van der Waals surface area contributed by atoms with E-state index < -0.39 is 0 Å². The second kappa shape index (κ2) is 8.93. The minimum absolute atomic E-state index is 0.152. The molecule has 0 fully saturated rings. The van der Waals surface area contributed by atoms with Crippen molar-refractivity contribution in [2.45, 2.75) is 52.4 Å². The highest BCUT2D eigenvalue weighted by Crippen LogP contribution is 2.07. The van der Waals surface area contributed by atoms with E-state index in [-0.39, 0.29) is 11.8 Å². The highest BCUT2D eigenvalue weighted by atomic mass is 16.7. The Morgan fingerprint density at radius 2 is 1.69 bits per heavy atom. The van der Waals surface area contributed by atoms with Crippen LogP contribution in [0.1, 0.15) is 40.5 Å². The van der Waals surface area contributed by atoms with E-state index >= 15 is 0 Å². The van der Waals surface area contributed by atoms with E-state index in [1.54, 1.807) is 0 Å². The fraction of sp³-hybridized carbons (Fsp3) is 1.00. The van der Waals surface area contributed by atoms with Gasteiger partial charge in [-0.05, 0) is 27.2 Å². The molecule has 0 aromatic heterocycles. The summed E-state index contributed by atoms with van der Waals surface area (Å²) >= 11 is 0. The van der Waals surface area contributed by atoms with Crippen LogP contribution in [0.5, 0.6) is 0 Å². The van der Waals surface area contributed by atoms with Crippen molar-refractivity contribution in [3.05, 3.63) is 0 Å². The first-order chi connectivity index (χ1) is 7.55. The van der Waals surface area contributed by atoms with E-state index in [9.17, 15) is 0 Å². The molecule has 0 spiro atoms. The van der Waals surface area contributed by atoms with Crippen LogP contribution in [-0.4, -0.2) is 38.3 Å². The maximum Gasteiger partial charge on any atom is 0.159 e. The van der Waals surface area contributed by atoms with Crippen molar-refractivity contribution in [1.82, 2.24) is 0 Å². The molecule has 0 aromatic rings. The van der Waals surface area contributed by atoms with Gasteiger partial charge in [-0.3, -0.25) is 0 Å². The average Bonchev–Trinajstić information content (AvgIpc) is 2.25. The van der Waals surface area contributed by atoms with Crippen LogP contribution in [0.3, 0.4) is 0 Å². The monoisotopic (exact) mass is 233 g/mol. The van der Waals surface area contributed by atoms with Gasteiger partial charge in [0.2, 0.25) is 0 Å². The van der Waals surface area contributed by atoms with Gasteiger partial charge in [-0.15, -0.1) is 0 Å². The normalized spacial score (nSPS) is 15.4. The Morgan fingerprint density at radius 1 is 1.12 bits per heavy atom. The maximum atomic E-state index is 5.96. The average molecular weight is 233 g/mol. The number of hydrogen-bond acceptors (Lipinski definition) is 4. The SMILES string of the molecule is CCOC(CCOCC(C)(N)CC)OCC. The minimum Gasteiger partial charge on any atom is -0.379 e. The second-order valence-electron chi connectivity index (χ2n) is 4.19. The highest BCUT2D eigenvalue weighted by Gasteiger charge is 2.16. The zero-order valence-corrected chi connectivity index (χ0v) is 11.1. The fourth-order valence-corrected chi connectivity index (χ4v) is 1.17. The zero-order chi connectivity index (χ0) is 12.4. The van der Waals surface area contributed by atoms with Crippen LogP contribution in [0.25, 0.3) is 0 Å². The molecule has 0 heterocycles. The summed E-state index contributed by atoms with van der Waals surface area (Å²) in [6.07, 6.45) is 1.51. The molecule has 0 aliphatic carbocycles. The molecule has 4 nitrogen and oxygen atoms in total. The van der Waals surface area contributed by atoms with Crippen LogP contribution in [0.4, 0.5) is 0 Å². The quantitative estimate of drug-likeness (QED) is 0.462. The standard InChI is InChI=1S/C12H27NO3/c1-5-12(4,13)10-14-9-8-11(15-6-2)16-7-3/h11H,5-10,13H2,1-4H3. The van der Waals surface area contributed by atoms with Gasteiger partial charge < -0.3 is 19.9 Å². The molecule has 0 radical (unpaired) electrons. The summed E-state index contributed by atoms with van der Waals surface area (Å²) in [6.45, 7) is 10.5. The lowest BCUT2D eigenvalue weighted by atomic mass is 10.0. The van der Waals surface area contributed by atoms with Gasteiger partial charge >= 0.3 is 0 Å². The number of ether oxygens (including phenoxy) is 3. The lowest BCUT2D eigenvalue weighted by Gasteiger charge is -2.23. The second-order valence-corrected chi connectivity index (χ2v) is 4.19. The molecule has 98 valence electrons. The molecule has 0 bridgehead atoms. The summed E-state index contributed by atoms with van der Waals surface area (Å²) in [5, 5.41) is 0. The molecule has 0 saturated carbocycles. The molecular weight excluding hydrogens is 206 g/mol. The van der Waals surface area contributed by atoms with Gasteiger partial charge in [0.25, 0.3) is 0 Å². The molecule has 2 N–H and O–H groups in total. The van der Waals surface area contributed by atoms with Crippen molar-refractivity contribution in [2.24, 2.45) is 5.73 Å². The van der Waals surface area contributed by atoms with E-state index in [1.807, 2.05) is 20.8 Å². The predicted octanol–water partition coefficient (Wildman–Crippen LogP) is 1.92. The Morgan fingerprint density at radius 3 is 2.12 bits per heavy atom. The summed E-state index contributed by atoms with van der Waals surface area (Å²) in [4.78, 5) is 0. The third-order valence-electron chi connectivity index (χ3n) is 2.44. The van der Waals surface area contributed by atoms with Gasteiger partial charge in [-0.1, -0.05) is 6.92 Å². The van der Waals surface area contributed by atoms with Crippen LogP contribution >= 0.6 is 0 Å². The molecule has 0 rings (SSSR count). The highest BCUT2D eigenvalue weighted by molar-refractivity contribution is 4.75. The lowest BCUT2D eigenvalue weighted by Crippen LogP contribution is -2.40. The van der Waals surface area contributed by atoms with Crippen LogP contribution in [0.15, 0.2) is 0 Å². The molecule has 0 saturated heterocycles. The van der Waals surface area contributed by atoms with Crippen molar-refractivity contribution in [1.29, 1.82) is 0 Å². The van der Waals surface area contributed by atoms with Crippen LogP contribution in [0.2, 0.25) is 0 Å². The van der Waals surface area contributed by atoms with Crippen LogP contribution < -0.4 is 5.73 Å². The largest absolute Gasteiger partial charge is 0.379 e. The summed E-state index contributed by atoms with van der Waals surface area (Å²) in [5.41, 5.74) is 5.73. The van der Waals surface area contributed by atoms with Gasteiger partial charge in [0, 0.05) is 25.2 Å². The lowest BCUT2D eigenvalue weighted by molar-refractivity contribution is -0.147. The molecule has 0 aromatic carbocycles. The van der Waals surface area contributed by atoms with Crippen molar-refractivity contribution < 1.29 is 14.2 Å². The predicted molar refractivity (Wildman–Crippen MR) is 65.4 cm³/mol.